The molecular formula is C19H32N4O2. The van der Waals surface area contributed by atoms with E-state index in [1.807, 2.05) is 6.07 Å². The van der Waals surface area contributed by atoms with Crippen molar-refractivity contribution in [2.45, 2.75) is 58.0 Å². The summed E-state index contributed by atoms with van der Waals surface area (Å²) in [6.07, 6.45) is 4.55. The maximum absolute atomic E-state index is 12.6. The number of amides is 1. The summed E-state index contributed by atoms with van der Waals surface area (Å²) in [6, 6.07) is 2.59. The number of rotatable bonds is 5. The summed E-state index contributed by atoms with van der Waals surface area (Å²) in [4.78, 5) is 17.5. The van der Waals surface area contributed by atoms with Gasteiger partial charge in [-0.05, 0) is 58.3 Å². The van der Waals surface area contributed by atoms with Gasteiger partial charge in [-0.15, -0.1) is 0 Å². The molecule has 1 aromatic heterocycles. The van der Waals surface area contributed by atoms with E-state index in [0.717, 1.165) is 37.4 Å². The quantitative estimate of drug-likeness (QED) is 0.884. The van der Waals surface area contributed by atoms with E-state index in [0.29, 0.717) is 18.5 Å². The second kappa shape index (κ2) is 8.32. The number of aromatic nitrogens is 1. The molecule has 0 aromatic carbocycles. The summed E-state index contributed by atoms with van der Waals surface area (Å²) in [7, 11) is 2.19. The number of nitrogens with one attached hydrogen (secondary N) is 1. The maximum Gasteiger partial charge on any atom is 0.224 e. The number of hydrogen-bond donors (Lipinski definition) is 1. The Kier molecular flexibility index (Phi) is 6.12. The first-order chi connectivity index (χ1) is 12.0. The Balaban J connectivity index is 1.48. The van der Waals surface area contributed by atoms with Crippen LogP contribution in [0.4, 0.5) is 0 Å². The second-order valence-electron chi connectivity index (χ2n) is 7.96. The van der Waals surface area contributed by atoms with Gasteiger partial charge in [0, 0.05) is 18.7 Å². The summed E-state index contributed by atoms with van der Waals surface area (Å²) in [5, 5.41) is 7.09. The van der Waals surface area contributed by atoms with Gasteiger partial charge in [0.1, 0.15) is 0 Å². The van der Waals surface area contributed by atoms with Crippen LogP contribution >= 0.6 is 0 Å². The largest absolute Gasteiger partial charge is 0.359 e. The molecule has 0 spiro atoms. The number of likely N-dealkylation sites (tertiary alicyclic amines) is 2. The summed E-state index contributed by atoms with van der Waals surface area (Å²) >= 11 is 0. The number of hydrogen-bond acceptors (Lipinski definition) is 5. The molecule has 1 atom stereocenters. The van der Waals surface area contributed by atoms with E-state index in [1.165, 1.54) is 25.9 Å². The van der Waals surface area contributed by atoms with Crippen molar-refractivity contribution in [3.8, 4) is 0 Å². The van der Waals surface area contributed by atoms with Crippen LogP contribution in [0, 0.1) is 5.92 Å². The molecular weight excluding hydrogens is 316 g/mol. The van der Waals surface area contributed by atoms with E-state index in [1.54, 1.807) is 0 Å². The molecule has 0 aliphatic carbocycles. The van der Waals surface area contributed by atoms with Crippen LogP contribution in [-0.2, 0) is 11.3 Å². The summed E-state index contributed by atoms with van der Waals surface area (Å²) in [6.45, 7) is 8.97. The minimum absolute atomic E-state index is 0.0981. The summed E-state index contributed by atoms with van der Waals surface area (Å²) in [5.74, 6) is 1.33. The van der Waals surface area contributed by atoms with Crippen molar-refractivity contribution < 1.29 is 9.32 Å². The predicted octanol–water partition coefficient (Wildman–Crippen LogP) is 2.22. The number of carbonyl (C=O) groups is 1. The van der Waals surface area contributed by atoms with E-state index in [9.17, 15) is 4.79 Å². The van der Waals surface area contributed by atoms with Gasteiger partial charge in [0.05, 0.1) is 18.2 Å². The Morgan fingerprint density at radius 3 is 2.76 bits per heavy atom. The van der Waals surface area contributed by atoms with Gasteiger partial charge in [0.15, 0.2) is 5.76 Å². The molecule has 1 unspecified atom stereocenters. The van der Waals surface area contributed by atoms with Gasteiger partial charge in [0.2, 0.25) is 5.91 Å². The highest BCUT2D eigenvalue weighted by molar-refractivity contribution is 5.78. The SMILES string of the molecule is CC(C)c1cc(CNC(=O)C2CCCN(C3CCN(C)CC3)C2)on1. The van der Waals surface area contributed by atoms with E-state index in [-0.39, 0.29) is 11.8 Å². The average Bonchev–Trinajstić information content (AvgIpc) is 3.10. The zero-order valence-electron chi connectivity index (χ0n) is 15.8. The third kappa shape index (κ3) is 4.82. The summed E-state index contributed by atoms with van der Waals surface area (Å²) < 4.78 is 5.31. The van der Waals surface area contributed by atoms with Crippen LogP contribution in [0.1, 0.15) is 56.9 Å². The second-order valence-corrected chi connectivity index (χ2v) is 7.96. The highest BCUT2D eigenvalue weighted by Gasteiger charge is 2.31. The van der Waals surface area contributed by atoms with E-state index >= 15 is 0 Å². The van der Waals surface area contributed by atoms with Crippen molar-refractivity contribution in [1.82, 2.24) is 20.3 Å². The molecule has 2 aliphatic rings. The molecule has 2 fully saturated rings. The van der Waals surface area contributed by atoms with E-state index < -0.39 is 0 Å². The highest BCUT2D eigenvalue weighted by atomic mass is 16.5. The third-order valence-corrected chi connectivity index (χ3v) is 5.63. The smallest absolute Gasteiger partial charge is 0.224 e. The predicted molar refractivity (Wildman–Crippen MR) is 97.3 cm³/mol. The highest BCUT2D eigenvalue weighted by Crippen LogP contribution is 2.24. The molecule has 2 aliphatic heterocycles. The van der Waals surface area contributed by atoms with Crippen molar-refractivity contribution in [2.75, 3.05) is 33.2 Å². The molecule has 0 saturated carbocycles. The fourth-order valence-electron chi connectivity index (χ4n) is 3.92. The molecule has 6 nitrogen and oxygen atoms in total. The van der Waals surface area contributed by atoms with E-state index in [2.05, 4.69) is 41.2 Å². The Morgan fingerprint density at radius 2 is 2.08 bits per heavy atom. The molecule has 1 aromatic rings. The lowest BCUT2D eigenvalue weighted by Gasteiger charge is -2.41. The summed E-state index contributed by atoms with van der Waals surface area (Å²) in [5.41, 5.74) is 0.940. The molecule has 0 radical (unpaired) electrons. The van der Waals surface area contributed by atoms with Crippen molar-refractivity contribution >= 4 is 5.91 Å². The Labute approximate surface area is 150 Å². The maximum atomic E-state index is 12.6. The Hall–Kier alpha value is -1.40. The molecule has 6 heteroatoms. The van der Waals surface area contributed by atoms with Crippen molar-refractivity contribution in [3.63, 3.8) is 0 Å². The van der Waals surface area contributed by atoms with Crippen LogP contribution in [-0.4, -0.2) is 60.1 Å². The zero-order valence-corrected chi connectivity index (χ0v) is 15.8. The van der Waals surface area contributed by atoms with Gasteiger partial charge in [-0.2, -0.15) is 0 Å². The zero-order chi connectivity index (χ0) is 17.8. The lowest BCUT2D eigenvalue weighted by molar-refractivity contribution is -0.127. The molecule has 3 rings (SSSR count). The molecule has 3 heterocycles. The normalized spacial score (nSPS) is 23.9. The van der Waals surface area contributed by atoms with Crippen molar-refractivity contribution in [2.24, 2.45) is 5.92 Å². The fraction of sp³-hybridized carbons (Fsp3) is 0.789. The number of nitrogens with zero attached hydrogens (tertiary/aromatic N) is 3. The molecule has 140 valence electrons. The topological polar surface area (TPSA) is 61.6 Å². The van der Waals surface area contributed by atoms with Gasteiger partial charge in [-0.1, -0.05) is 19.0 Å². The number of piperidine rings is 2. The van der Waals surface area contributed by atoms with Crippen LogP contribution in [0.5, 0.6) is 0 Å². The van der Waals surface area contributed by atoms with Crippen LogP contribution < -0.4 is 5.32 Å². The minimum Gasteiger partial charge on any atom is -0.359 e. The van der Waals surface area contributed by atoms with Gasteiger partial charge in [-0.25, -0.2) is 0 Å². The van der Waals surface area contributed by atoms with Crippen LogP contribution in [0.3, 0.4) is 0 Å². The lowest BCUT2D eigenvalue weighted by Crippen LogP contribution is -2.50. The van der Waals surface area contributed by atoms with Gasteiger partial charge in [-0.3, -0.25) is 9.69 Å². The van der Waals surface area contributed by atoms with Gasteiger partial charge in [0.25, 0.3) is 0 Å². The Bertz CT molecular complexity index is 564. The van der Waals surface area contributed by atoms with Crippen molar-refractivity contribution in [1.29, 1.82) is 0 Å². The Morgan fingerprint density at radius 1 is 1.32 bits per heavy atom. The average molecular weight is 348 g/mol. The molecule has 1 amide bonds. The first-order valence-electron chi connectivity index (χ1n) is 9.68. The monoisotopic (exact) mass is 348 g/mol. The van der Waals surface area contributed by atoms with Crippen LogP contribution in [0.15, 0.2) is 10.6 Å². The van der Waals surface area contributed by atoms with Crippen LogP contribution in [0.25, 0.3) is 0 Å². The van der Waals surface area contributed by atoms with Gasteiger partial charge < -0.3 is 14.7 Å². The first-order valence-corrected chi connectivity index (χ1v) is 9.68. The van der Waals surface area contributed by atoms with E-state index in [4.69, 9.17) is 4.52 Å². The standard InChI is InChI=1S/C19H32N4O2/c1-14(2)18-11-17(25-21-18)12-20-19(24)15-5-4-8-23(13-15)16-6-9-22(3)10-7-16/h11,14-16H,4-10,12-13H2,1-3H3,(H,20,24). The molecule has 0 bridgehead atoms. The van der Waals surface area contributed by atoms with Crippen molar-refractivity contribution in [3.05, 3.63) is 17.5 Å². The molecule has 25 heavy (non-hydrogen) atoms. The molecule has 2 saturated heterocycles. The third-order valence-electron chi connectivity index (χ3n) is 5.63. The first kappa shape index (κ1) is 18.4. The lowest BCUT2D eigenvalue weighted by atomic mass is 9.93. The van der Waals surface area contributed by atoms with Gasteiger partial charge >= 0.3 is 0 Å². The molecule has 1 N–H and O–H groups in total. The number of carbonyl (C=O) groups excluding carboxylic acids is 1. The minimum atomic E-state index is 0.0981. The fourth-order valence-corrected chi connectivity index (χ4v) is 3.92. The van der Waals surface area contributed by atoms with Crippen LogP contribution in [0.2, 0.25) is 0 Å².